The van der Waals surface area contributed by atoms with Gasteiger partial charge in [-0.3, -0.25) is 9.59 Å². The molecule has 0 spiro atoms. The fourth-order valence-corrected chi connectivity index (χ4v) is 1.62. The molecular formula is C15H26O3. The summed E-state index contributed by atoms with van der Waals surface area (Å²) >= 11 is 0. The van der Waals surface area contributed by atoms with Gasteiger partial charge in [-0.05, 0) is 40.0 Å². The summed E-state index contributed by atoms with van der Waals surface area (Å²) < 4.78 is 5.32. The van der Waals surface area contributed by atoms with Crippen molar-refractivity contribution in [1.82, 2.24) is 0 Å². The minimum atomic E-state index is -0.635. The fourth-order valence-electron chi connectivity index (χ4n) is 1.62. The molecule has 0 fully saturated rings. The van der Waals surface area contributed by atoms with Gasteiger partial charge in [0, 0.05) is 5.92 Å². The Kier molecular flexibility index (Phi) is 6.89. The molecule has 0 aliphatic heterocycles. The number of carbonyl (C=O) groups is 2. The lowest BCUT2D eigenvalue weighted by molar-refractivity contribution is -0.163. The summed E-state index contributed by atoms with van der Waals surface area (Å²) in [5, 5.41) is 0. The van der Waals surface area contributed by atoms with E-state index in [-0.39, 0.29) is 11.7 Å². The Morgan fingerprint density at radius 3 is 2.22 bits per heavy atom. The van der Waals surface area contributed by atoms with E-state index < -0.39 is 17.5 Å². The van der Waals surface area contributed by atoms with Gasteiger partial charge < -0.3 is 4.74 Å². The van der Waals surface area contributed by atoms with Crippen molar-refractivity contribution in [2.24, 2.45) is 11.8 Å². The van der Waals surface area contributed by atoms with E-state index in [2.05, 4.69) is 6.58 Å². The predicted octanol–water partition coefficient (Wildman–Crippen LogP) is 3.53. The van der Waals surface area contributed by atoms with Gasteiger partial charge in [0.1, 0.15) is 17.3 Å². The van der Waals surface area contributed by atoms with Crippen LogP contribution in [0.15, 0.2) is 12.7 Å². The first kappa shape index (κ1) is 16.9. The minimum absolute atomic E-state index is 0.0340. The quantitative estimate of drug-likeness (QED) is 0.302. The standard InChI is InChI=1S/C15H26O3/c1-7-8-9-10-12(13(16)11(2)3)14(17)18-15(4,5)6/h7,11-12H,1,8-10H2,2-6H3. The Bertz CT molecular complexity index is 297. The van der Waals surface area contributed by atoms with Crippen molar-refractivity contribution >= 4 is 11.8 Å². The van der Waals surface area contributed by atoms with Crippen LogP contribution in [0, 0.1) is 11.8 Å². The number of rotatable bonds is 7. The van der Waals surface area contributed by atoms with Crippen molar-refractivity contribution < 1.29 is 14.3 Å². The molecule has 0 bridgehead atoms. The van der Waals surface area contributed by atoms with Gasteiger partial charge in [0.2, 0.25) is 0 Å². The first-order valence-corrected chi connectivity index (χ1v) is 6.56. The maximum absolute atomic E-state index is 12.0. The van der Waals surface area contributed by atoms with Gasteiger partial charge in [-0.1, -0.05) is 19.9 Å². The molecule has 3 heteroatoms. The average molecular weight is 254 g/mol. The molecular weight excluding hydrogens is 228 g/mol. The molecule has 0 saturated heterocycles. The lowest BCUT2D eigenvalue weighted by Gasteiger charge is -2.24. The van der Waals surface area contributed by atoms with E-state index in [4.69, 9.17) is 4.74 Å². The molecule has 3 nitrogen and oxygen atoms in total. The Morgan fingerprint density at radius 2 is 1.83 bits per heavy atom. The number of allylic oxidation sites excluding steroid dienone is 1. The summed E-state index contributed by atoms with van der Waals surface area (Å²) in [6.45, 7) is 12.7. The molecule has 18 heavy (non-hydrogen) atoms. The van der Waals surface area contributed by atoms with Crippen molar-refractivity contribution in [2.45, 2.75) is 59.5 Å². The van der Waals surface area contributed by atoms with Gasteiger partial charge in [0.15, 0.2) is 0 Å². The zero-order valence-electron chi connectivity index (χ0n) is 12.3. The van der Waals surface area contributed by atoms with Crippen LogP contribution in [-0.4, -0.2) is 17.4 Å². The zero-order valence-corrected chi connectivity index (χ0v) is 12.3. The second kappa shape index (κ2) is 7.34. The molecule has 1 atom stereocenters. The first-order chi connectivity index (χ1) is 8.19. The number of hydrogen-bond donors (Lipinski definition) is 0. The van der Waals surface area contributed by atoms with Crippen LogP contribution in [0.25, 0.3) is 0 Å². The molecule has 0 aromatic rings. The van der Waals surface area contributed by atoms with Crippen LogP contribution in [-0.2, 0) is 14.3 Å². The van der Waals surface area contributed by atoms with E-state index in [0.29, 0.717) is 6.42 Å². The van der Waals surface area contributed by atoms with Gasteiger partial charge in [-0.25, -0.2) is 0 Å². The molecule has 0 N–H and O–H groups in total. The molecule has 0 aliphatic carbocycles. The maximum Gasteiger partial charge on any atom is 0.317 e. The molecule has 0 radical (unpaired) electrons. The second-order valence-electron chi connectivity index (χ2n) is 5.86. The van der Waals surface area contributed by atoms with Gasteiger partial charge in [0.25, 0.3) is 0 Å². The molecule has 0 aliphatic rings. The van der Waals surface area contributed by atoms with Crippen molar-refractivity contribution in [3.05, 3.63) is 12.7 Å². The molecule has 0 saturated carbocycles. The normalized spacial score (nSPS) is 13.2. The highest BCUT2D eigenvalue weighted by Crippen LogP contribution is 2.20. The highest BCUT2D eigenvalue weighted by Gasteiger charge is 2.31. The topological polar surface area (TPSA) is 43.4 Å². The highest BCUT2D eigenvalue weighted by atomic mass is 16.6. The van der Waals surface area contributed by atoms with Gasteiger partial charge >= 0.3 is 5.97 Å². The van der Waals surface area contributed by atoms with E-state index >= 15 is 0 Å². The van der Waals surface area contributed by atoms with Crippen molar-refractivity contribution in [3.63, 3.8) is 0 Å². The second-order valence-corrected chi connectivity index (χ2v) is 5.86. The minimum Gasteiger partial charge on any atom is -0.459 e. The van der Waals surface area contributed by atoms with Crippen molar-refractivity contribution in [3.8, 4) is 0 Å². The number of unbranched alkanes of at least 4 members (excludes halogenated alkanes) is 1. The summed E-state index contributed by atoms with van der Waals surface area (Å²) in [5.74, 6) is -1.21. The smallest absolute Gasteiger partial charge is 0.317 e. The number of hydrogen-bond acceptors (Lipinski definition) is 3. The van der Waals surface area contributed by atoms with E-state index in [0.717, 1.165) is 12.8 Å². The average Bonchev–Trinajstić information content (AvgIpc) is 2.20. The number of carbonyl (C=O) groups excluding carboxylic acids is 2. The molecule has 0 heterocycles. The summed E-state index contributed by atoms with van der Waals surface area (Å²) in [5.41, 5.74) is -0.551. The van der Waals surface area contributed by atoms with Gasteiger partial charge in [0.05, 0.1) is 0 Å². The lowest BCUT2D eigenvalue weighted by Crippen LogP contribution is -2.34. The van der Waals surface area contributed by atoms with Gasteiger partial charge in [-0.2, -0.15) is 0 Å². The number of esters is 1. The highest BCUT2D eigenvalue weighted by molar-refractivity contribution is 5.99. The van der Waals surface area contributed by atoms with Crippen LogP contribution in [0.3, 0.4) is 0 Å². The van der Waals surface area contributed by atoms with Gasteiger partial charge in [-0.15, -0.1) is 6.58 Å². The number of Topliss-reactive ketones (excluding diaryl/α,β-unsaturated/α-hetero) is 1. The number of ether oxygens (including phenoxy) is 1. The van der Waals surface area contributed by atoms with Crippen LogP contribution < -0.4 is 0 Å². The third kappa shape index (κ3) is 6.58. The third-order valence-electron chi connectivity index (χ3n) is 2.50. The summed E-state index contributed by atoms with van der Waals surface area (Å²) in [4.78, 5) is 24.1. The largest absolute Gasteiger partial charge is 0.459 e. The maximum atomic E-state index is 12.0. The van der Waals surface area contributed by atoms with E-state index in [1.165, 1.54) is 0 Å². The van der Waals surface area contributed by atoms with Crippen molar-refractivity contribution in [2.75, 3.05) is 0 Å². The van der Waals surface area contributed by atoms with E-state index in [1.54, 1.807) is 6.08 Å². The third-order valence-corrected chi connectivity index (χ3v) is 2.50. The van der Waals surface area contributed by atoms with E-state index in [1.807, 2.05) is 34.6 Å². The Balaban J connectivity index is 4.69. The fraction of sp³-hybridized carbons (Fsp3) is 0.733. The van der Waals surface area contributed by atoms with E-state index in [9.17, 15) is 9.59 Å². The molecule has 104 valence electrons. The Morgan fingerprint density at radius 1 is 1.28 bits per heavy atom. The molecule has 0 aromatic heterocycles. The predicted molar refractivity (Wildman–Crippen MR) is 73.2 cm³/mol. The lowest BCUT2D eigenvalue weighted by atomic mass is 9.90. The van der Waals surface area contributed by atoms with Crippen LogP contribution in [0.4, 0.5) is 0 Å². The Hall–Kier alpha value is -1.12. The molecule has 0 rings (SSSR count). The monoisotopic (exact) mass is 254 g/mol. The summed E-state index contributed by atoms with van der Waals surface area (Å²) in [7, 11) is 0. The van der Waals surface area contributed by atoms with Crippen LogP contribution >= 0.6 is 0 Å². The van der Waals surface area contributed by atoms with Crippen LogP contribution in [0.2, 0.25) is 0 Å². The molecule has 1 unspecified atom stereocenters. The summed E-state index contributed by atoms with van der Waals surface area (Å²) in [6.07, 6.45) is 3.93. The number of ketones is 1. The summed E-state index contributed by atoms with van der Waals surface area (Å²) in [6, 6.07) is 0. The molecule has 0 amide bonds. The zero-order chi connectivity index (χ0) is 14.3. The van der Waals surface area contributed by atoms with Crippen LogP contribution in [0.1, 0.15) is 53.9 Å². The Labute approximate surface area is 111 Å². The first-order valence-electron chi connectivity index (χ1n) is 6.56. The van der Waals surface area contributed by atoms with Crippen LogP contribution in [0.5, 0.6) is 0 Å². The SMILES string of the molecule is C=CCCCC(C(=O)OC(C)(C)C)C(=O)C(C)C. The van der Waals surface area contributed by atoms with Crippen molar-refractivity contribution in [1.29, 1.82) is 0 Å². The molecule has 0 aromatic carbocycles.